The van der Waals surface area contributed by atoms with Crippen molar-refractivity contribution in [3.05, 3.63) is 35.4 Å². The van der Waals surface area contributed by atoms with E-state index in [1.54, 1.807) is 16.7 Å². The highest BCUT2D eigenvalue weighted by Gasteiger charge is 2.10. The van der Waals surface area contributed by atoms with E-state index in [2.05, 4.69) is 6.26 Å². The molecule has 0 radical (unpaired) electrons. The number of carbonyl (C=O) groups is 1. The molecule has 0 bridgehead atoms. The van der Waals surface area contributed by atoms with Crippen LogP contribution in [0.5, 0.6) is 0 Å². The SMILES string of the molecule is CSCc1ccc(C(=O)N(C)CCCN)cc1. The van der Waals surface area contributed by atoms with Crippen LogP contribution in [-0.4, -0.2) is 37.2 Å². The van der Waals surface area contributed by atoms with Crippen LogP contribution in [0.25, 0.3) is 0 Å². The lowest BCUT2D eigenvalue weighted by atomic mass is 10.1. The minimum absolute atomic E-state index is 0.0640. The fraction of sp³-hybridized carbons (Fsp3) is 0.462. The molecule has 0 spiro atoms. The molecule has 0 atom stereocenters. The van der Waals surface area contributed by atoms with E-state index < -0.39 is 0 Å². The summed E-state index contributed by atoms with van der Waals surface area (Å²) in [5.74, 6) is 1.05. The number of benzene rings is 1. The summed E-state index contributed by atoms with van der Waals surface area (Å²) >= 11 is 1.78. The van der Waals surface area contributed by atoms with Gasteiger partial charge >= 0.3 is 0 Å². The monoisotopic (exact) mass is 252 g/mol. The van der Waals surface area contributed by atoms with Crippen molar-refractivity contribution >= 4 is 17.7 Å². The third kappa shape index (κ3) is 4.40. The first-order valence-electron chi connectivity index (χ1n) is 5.72. The molecule has 4 heteroatoms. The fourth-order valence-electron chi connectivity index (χ4n) is 1.56. The normalized spacial score (nSPS) is 10.3. The zero-order chi connectivity index (χ0) is 12.7. The van der Waals surface area contributed by atoms with E-state index >= 15 is 0 Å². The van der Waals surface area contributed by atoms with Gasteiger partial charge in [-0.05, 0) is 36.9 Å². The zero-order valence-electron chi connectivity index (χ0n) is 10.5. The van der Waals surface area contributed by atoms with Crippen LogP contribution >= 0.6 is 11.8 Å². The summed E-state index contributed by atoms with van der Waals surface area (Å²) in [6.07, 6.45) is 2.91. The van der Waals surface area contributed by atoms with Gasteiger partial charge in [0.1, 0.15) is 0 Å². The molecule has 0 aliphatic carbocycles. The van der Waals surface area contributed by atoms with E-state index in [9.17, 15) is 4.79 Å². The average Bonchev–Trinajstić information content (AvgIpc) is 2.36. The van der Waals surface area contributed by atoms with Gasteiger partial charge in [-0.15, -0.1) is 0 Å². The van der Waals surface area contributed by atoms with Gasteiger partial charge in [0.05, 0.1) is 0 Å². The van der Waals surface area contributed by atoms with Crippen LogP contribution in [-0.2, 0) is 5.75 Å². The van der Waals surface area contributed by atoms with Gasteiger partial charge in [0, 0.05) is 24.9 Å². The molecule has 17 heavy (non-hydrogen) atoms. The summed E-state index contributed by atoms with van der Waals surface area (Å²) in [6.45, 7) is 1.33. The summed E-state index contributed by atoms with van der Waals surface area (Å²) in [5, 5.41) is 0. The van der Waals surface area contributed by atoms with Crippen LogP contribution in [0.1, 0.15) is 22.3 Å². The van der Waals surface area contributed by atoms with Crippen molar-refractivity contribution in [2.75, 3.05) is 26.4 Å². The number of hydrogen-bond acceptors (Lipinski definition) is 3. The topological polar surface area (TPSA) is 46.3 Å². The van der Waals surface area contributed by atoms with Gasteiger partial charge in [-0.3, -0.25) is 4.79 Å². The Morgan fingerprint density at radius 1 is 1.35 bits per heavy atom. The van der Waals surface area contributed by atoms with E-state index in [-0.39, 0.29) is 5.91 Å². The Hall–Kier alpha value is -1.00. The fourth-order valence-corrected chi connectivity index (χ4v) is 2.09. The minimum atomic E-state index is 0.0640. The Morgan fingerprint density at radius 2 is 2.00 bits per heavy atom. The summed E-state index contributed by atoms with van der Waals surface area (Å²) in [7, 11) is 1.81. The third-order valence-electron chi connectivity index (χ3n) is 2.56. The summed E-state index contributed by atoms with van der Waals surface area (Å²) in [6, 6.07) is 7.82. The van der Waals surface area contributed by atoms with Gasteiger partial charge in [-0.2, -0.15) is 11.8 Å². The second kappa shape index (κ2) is 7.35. The minimum Gasteiger partial charge on any atom is -0.342 e. The number of hydrogen-bond donors (Lipinski definition) is 1. The average molecular weight is 252 g/mol. The lowest BCUT2D eigenvalue weighted by Crippen LogP contribution is -2.28. The number of thioether (sulfide) groups is 1. The number of amides is 1. The van der Waals surface area contributed by atoms with Gasteiger partial charge in [-0.25, -0.2) is 0 Å². The van der Waals surface area contributed by atoms with Crippen molar-refractivity contribution < 1.29 is 4.79 Å². The van der Waals surface area contributed by atoms with Crippen molar-refractivity contribution in [1.82, 2.24) is 4.90 Å². The highest BCUT2D eigenvalue weighted by molar-refractivity contribution is 7.97. The van der Waals surface area contributed by atoms with Crippen molar-refractivity contribution in [3.63, 3.8) is 0 Å². The maximum absolute atomic E-state index is 12.0. The summed E-state index contributed by atoms with van der Waals surface area (Å²) in [5.41, 5.74) is 7.42. The molecule has 1 rings (SSSR count). The second-order valence-corrected chi connectivity index (χ2v) is 4.86. The third-order valence-corrected chi connectivity index (χ3v) is 3.18. The largest absolute Gasteiger partial charge is 0.342 e. The Kier molecular flexibility index (Phi) is 6.08. The Morgan fingerprint density at radius 3 is 2.53 bits per heavy atom. The van der Waals surface area contributed by atoms with E-state index in [1.165, 1.54) is 5.56 Å². The van der Waals surface area contributed by atoms with Gasteiger partial charge in [0.15, 0.2) is 0 Å². The van der Waals surface area contributed by atoms with Crippen LogP contribution in [0.15, 0.2) is 24.3 Å². The molecule has 0 aliphatic rings. The first-order valence-corrected chi connectivity index (χ1v) is 7.12. The van der Waals surface area contributed by atoms with Crippen LogP contribution in [0, 0.1) is 0 Å². The highest BCUT2D eigenvalue weighted by atomic mass is 32.2. The zero-order valence-corrected chi connectivity index (χ0v) is 11.3. The van der Waals surface area contributed by atoms with Gasteiger partial charge in [0.25, 0.3) is 5.91 Å². The highest BCUT2D eigenvalue weighted by Crippen LogP contribution is 2.11. The molecule has 0 aromatic heterocycles. The molecule has 0 fully saturated rings. The van der Waals surface area contributed by atoms with Gasteiger partial charge < -0.3 is 10.6 Å². The smallest absolute Gasteiger partial charge is 0.253 e. The predicted molar refractivity (Wildman–Crippen MR) is 74.3 cm³/mol. The number of nitrogens with zero attached hydrogens (tertiary/aromatic N) is 1. The second-order valence-electron chi connectivity index (χ2n) is 4.00. The molecule has 0 saturated carbocycles. The molecule has 1 aromatic carbocycles. The first-order chi connectivity index (χ1) is 8.19. The molecular weight excluding hydrogens is 232 g/mol. The van der Waals surface area contributed by atoms with E-state index in [0.29, 0.717) is 13.1 Å². The molecular formula is C13H20N2OS. The van der Waals surface area contributed by atoms with Crippen LogP contribution in [0.3, 0.4) is 0 Å². The van der Waals surface area contributed by atoms with E-state index in [0.717, 1.165) is 17.7 Å². The standard InChI is InChI=1S/C13H20N2OS/c1-15(9-3-8-14)13(16)12-6-4-11(5-7-12)10-17-2/h4-7H,3,8-10,14H2,1-2H3. The Balaban J connectivity index is 2.62. The molecule has 3 nitrogen and oxygen atoms in total. The molecule has 0 saturated heterocycles. The van der Waals surface area contributed by atoms with Crippen LogP contribution < -0.4 is 5.73 Å². The quantitative estimate of drug-likeness (QED) is 0.842. The Bertz CT molecular complexity index is 351. The predicted octanol–water partition coefficient (Wildman–Crippen LogP) is 1.97. The molecule has 0 unspecified atom stereocenters. The van der Waals surface area contributed by atoms with Crippen LogP contribution in [0.4, 0.5) is 0 Å². The number of rotatable bonds is 6. The lowest BCUT2D eigenvalue weighted by Gasteiger charge is -2.16. The maximum Gasteiger partial charge on any atom is 0.253 e. The number of nitrogens with two attached hydrogens (primary N) is 1. The molecule has 0 aliphatic heterocycles. The summed E-state index contributed by atoms with van der Waals surface area (Å²) < 4.78 is 0. The van der Waals surface area contributed by atoms with Crippen LogP contribution in [0.2, 0.25) is 0 Å². The van der Waals surface area contributed by atoms with Gasteiger partial charge in [-0.1, -0.05) is 12.1 Å². The first kappa shape index (κ1) is 14.1. The van der Waals surface area contributed by atoms with Crippen molar-refractivity contribution in [2.24, 2.45) is 5.73 Å². The van der Waals surface area contributed by atoms with Gasteiger partial charge in [0.2, 0.25) is 0 Å². The Labute approximate surface area is 107 Å². The maximum atomic E-state index is 12.0. The van der Waals surface area contributed by atoms with E-state index in [1.807, 2.05) is 31.3 Å². The molecule has 94 valence electrons. The lowest BCUT2D eigenvalue weighted by molar-refractivity contribution is 0.0794. The molecule has 1 aromatic rings. The molecule has 2 N–H and O–H groups in total. The van der Waals surface area contributed by atoms with Crippen molar-refractivity contribution in [2.45, 2.75) is 12.2 Å². The number of carbonyl (C=O) groups excluding carboxylic acids is 1. The molecule has 1 amide bonds. The summed E-state index contributed by atoms with van der Waals surface area (Å²) in [4.78, 5) is 13.7. The van der Waals surface area contributed by atoms with Crippen molar-refractivity contribution in [1.29, 1.82) is 0 Å². The van der Waals surface area contributed by atoms with E-state index in [4.69, 9.17) is 5.73 Å². The molecule has 0 heterocycles. The van der Waals surface area contributed by atoms with Crippen molar-refractivity contribution in [3.8, 4) is 0 Å².